The van der Waals surface area contributed by atoms with Crippen LogP contribution >= 0.6 is 0 Å². The number of fused-ring (bicyclic) bond motifs is 1. The predicted molar refractivity (Wildman–Crippen MR) is 95.0 cm³/mol. The molecule has 0 amide bonds. The molecule has 1 unspecified atom stereocenters. The number of nitriles is 1. The van der Waals surface area contributed by atoms with Gasteiger partial charge in [-0.2, -0.15) is 5.26 Å². The third kappa shape index (κ3) is 4.85. The summed E-state index contributed by atoms with van der Waals surface area (Å²) < 4.78 is 13.2. The van der Waals surface area contributed by atoms with Crippen molar-refractivity contribution in [1.82, 2.24) is 14.5 Å². The van der Waals surface area contributed by atoms with Crippen LogP contribution in [0.3, 0.4) is 0 Å². The SMILES string of the molecule is CC.Cc1nc(C(C)C)nc2c1c(C#N)cn2CCS(C)=O.O. The Hall–Kier alpha value is -1.78. The number of hydrogen-bond donors (Lipinski definition) is 0. The molecule has 0 saturated heterocycles. The van der Waals surface area contributed by atoms with Gasteiger partial charge >= 0.3 is 0 Å². The maximum absolute atomic E-state index is 11.3. The van der Waals surface area contributed by atoms with Gasteiger partial charge in [0.15, 0.2) is 0 Å². The van der Waals surface area contributed by atoms with E-state index in [9.17, 15) is 9.47 Å². The van der Waals surface area contributed by atoms with E-state index in [-0.39, 0.29) is 11.4 Å². The summed E-state index contributed by atoms with van der Waals surface area (Å²) in [4.78, 5) is 9.07. The van der Waals surface area contributed by atoms with Gasteiger partial charge in [-0.05, 0) is 6.92 Å². The Balaban J connectivity index is 0.00000155. The minimum Gasteiger partial charge on any atom is -0.412 e. The second-order valence-electron chi connectivity index (χ2n) is 5.15. The molecule has 128 valence electrons. The number of nitrogens with zero attached hydrogens (tertiary/aromatic N) is 4. The maximum atomic E-state index is 11.3. The normalized spacial score (nSPS) is 11.4. The lowest BCUT2D eigenvalue weighted by atomic mass is 10.1. The second kappa shape index (κ2) is 9.38. The molecule has 23 heavy (non-hydrogen) atoms. The largest absolute Gasteiger partial charge is 0.412 e. The number of rotatable bonds is 4. The number of aryl methyl sites for hydroxylation is 2. The van der Waals surface area contributed by atoms with Gasteiger partial charge in [-0.3, -0.25) is 4.21 Å². The molecule has 2 N–H and O–H groups in total. The summed E-state index contributed by atoms with van der Waals surface area (Å²) in [5.41, 5.74) is 2.17. The topological polar surface area (TPSA) is 103 Å². The highest BCUT2D eigenvalue weighted by atomic mass is 32.2. The Morgan fingerprint density at radius 2 is 1.96 bits per heavy atom. The molecule has 6 nitrogen and oxygen atoms in total. The molecule has 0 aromatic carbocycles. The van der Waals surface area contributed by atoms with Crippen LogP contribution in [0.4, 0.5) is 0 Å². The van der Waals surface area contributed by atoms with E-state index in [4.69, 9.17) is 0 Å². The summed E-state index contributed by atoms with van der Waals surface area (Å²) in [5.74, 6) is 1.55. The first kappa shape index (κ1) is 21.2. The summed E-state index contributed by atoms with van der Waals surface area (Å²) in [5, 5.41) is 10.1. The molecule has 0 aliphatic heterocycles. The third-order valence-corrected chi connectivity index (χ3v) is 3.93. The minimum absolute atomic E-state index is 0. The van der Waals surface area contributed by atoms with Crippen LogP contribution in [0.2, 0.25) is 0 Å². The first-order valence-corrected chi connectivity index (χ1v) is 9.24. The van der Waals surface area contributed by atoms with Crippen LogP contribution in [-0.2, 0) is 17.3 Å². The van der Waals surface area contributed by atoms with E-state index >= 15 is 0 Å². The van der Waals surface area contributed by atoms with E-state index in [1.807, 2.05) is 39.2 Å². The van der Waals surface area contributed by atoms with Crippen molar-refractivity contribution in [1.29, 1.82) is 5.26 Å². The molecule has 0 aliphatic carbocycles. The molecule has 0 fully saturated rings. The molecule has 0 aliphatic rings. The summed E-state index contributed by atoms with van der Waals surface area (Å²) in [6, 6.07) is 2.19. The lowest BCUT2D eigenvalue weighted by molar-refractivity contribution is 0.678. The van der Waals surface area contributed by atoms with Gasteiger partial charge in [0.2, 0.25) is 0 Å². The monoisotopic (exact) mass is 338 g/mol. The molecule has 0 spiro atoms. The van der Waals surface area contributed by atoms with E-state index in [0.29, 0.717) is 17.9 Å². The Morgan fingerprint density at radius 1 is 1.35 bits per heavy atom. The van der Waals surface area contributed by atoms with Gasteiger partial charge in [0, 0.05) is 41.5 Å². The maximum Gasteiger partial charge on any atom is 0.145 e. The van der Waals surface area contributed by atoms with Crippen molar-refractivity contribution in [3.05, 3.63) is 23.3 Å². The van der Waals surface area contributed by atoms with Gasteiger partial charge in [0.1, 0.15) is 17.5 Å². The van der Waals surface area contributed by atoms with Gasteiger partial charge in [-0.25, -0.2) is 9.97 Å². The fourth-order valence-electron chi connectivity index (χ4n) is 2.12. The van der Waals surface area contributed by atoms with Crippen molar-refractivity contribution in [2.45, 2.75) is 47.1 Å². The Labute approximate surface area is 140 Å². The number of aromatic nitrogens is 3. The summed E-state index contributed by atoms with van der Waals surface area (Å²) >= 11 is 0. The van der Waals surface area contributed by atoms with E-state index in [1.54, 1.807) is 12.5 Å². The second-order valence-corrected chi connectivity index (χ2v) is 6.70. The van der Waals surface area contributed by atoms with Crippen molar-refractivity contribution in [2.75, 3.05) is 12.0 Å². The Kier molecular flexibility index (Phi) is 8.65. The standard InChI is InChI=1S/C14H18N4OS.C2H6.H2O/c1-9(2)13-16-10(3)12-11(7-15)8-18(14(12)17-13)5-6-20(4)19;1-2;/h8-9H,5-6H2,1-4H3;1-2H3;1H2. The molecule has 7 heteroatoms. The van der Waals surface area contributed by atoms with Crippen LogP contribution in [0.5, 0.6) is 0 Å². The average molecular weight is 338 g/mol. The Morgan fingerprint density at radius 3 is 2.43 bits per heavy atom. The first-order chi connectivity index (χ1) is 10.4. The van der Waals surface area contributed by atoms with E-state index in [0.717, 1.165) is 22.6 Å². The zero-order valence-electron chi connectivity index (χ0n) is 14.7. The van der Waals surface area contributed by atoms with Crippen molar-refractivity contribution in [3.8, 4) is 6.07 Å². The van der Waals surface area contributed by atoms with Crippen LogP contribution in [0.1, 0.15) is 50.7 Å². The third-order valence-electron chi connectivity index (χ3n) is 3.17. The lowest BCUT2D eigenvalue weighted by Gasteiger charge is -2.08. The van der Waals surface area contributed by atoms with Crippen LogP contribution in [0, 0.1) is 18.3 Å². The molecule has 1 atom stereocenters. The summed E-state index contributed by atoms with van der Waals surface area (Å²) in [6.07, 6.45) is 3.46. The zero-order chi connectivity index (χ0) is 16.9. The van der Waals surface area contributed by atoms with Crippen molar-refractivity contribution < 1.29 is 9.69 Å². The van der Waals surface area contributed by atoms with E-state index in [1.165, 1.54) is 0 Å². The van der Waals surface area contributed by atoms with Crippen LogP contribution in [0.15, 0.2) is 6.20 Å². The highest BCUT2D eigenvalue weighted by Crippen LogP contribution is 2.24. The molecule has 2 aromatic heterocycles. The van der Waals surface area contributed by atoms with Gasteiger partial charge in [-0.1, -0.05) is 27.7 Å². The van der Waals surface area contributed by atoms with Gasteiger partial charge in [0.25, 0.3) is 0 Å². The van der Waals surface area contributed by atoms with Crippen molar-refractivity contribution >= 4 is 21.8 Å². The highest BCUT2D eigenvalue weighted by Gasteiger charge is 2.16. The highest BCUT2D eigenvalue weighted by molar-refractivity contribution is 7.84. The van der Waals surface area contributed by atoms with E-state index in [2.05, 4.69) is 16.0 Å². The smallest absolute Gasteiger partial charge is 0.145 e. The lowest BCUT2D eigenvalue weighted by Crippen LogP contribution is -2.08. The molecule has 2 rings (SSSR count). The Bertz CT molecular complexity index is 717. The first-order valence-electron chi connectivity index (χ1n) is 7.51. The molecular formula is C16H26N4O2S. The van der Waals surface area contributed by atoms with E-state index < -0.39 is 10.8 Å². The van der Waals surface area contributed by atoms with Crippen LogP contribution in [0.25, 0.3) is 11.0 Å². The molecule has 0 saturated carbocycles. The average Bonchev–Trinajstić information content (AvgIpc) is 2.85. The fourth-order valence-corrected chi connectivity index (χ4v) is 2.58. The van der Waals surface area contributed by atoms with Gasteiger partial charge in [-0.15, -0.1) is 0 Å². The summed E-state index contributed by atoms with van der Waals surface area (Å²) in [6.45, 7) is 10.6. The molecular weight excluding hydrogens is 312 g/mol. The molecule has 2 heterocycles. The van der Waals surface area contributed by atoms with Crippen molar-refractivity contribution in [3.63, 3.8) is 0 Å². The quantitative estimate of drug-likeness (QED) is 0.853. The van der Waals surface area contributed by atoms with Crippen LogP contribution in [-0.4, -0.2) is 36.2 Å². The number of hydrogen-bond acceptors (Lipinski definition) is 4. The predicted octanol–water partition coefficient (Wildman–Crippen LogP) is 2.31. The van der Waals surface area contributed by atoms with Gasteiger partial charge in [0.05, 0.1) is 16.6 Å². The zero-order valence-corrected chi connectivity index (χ0v) is 15.5. The summed E-state index contributed by atoms with van der Waals surface area (Å²) in [7, 11) is -0.868. The molecule has 0 radical (unpaired) electrons. The van der Waals surface area contributed by atoms with Crippen molar-refractivity contribution in [2.24, 2.45) is 0 Å². The minimum atomic E-state index is -0.868. The van der Waals surface area contributed by atoms with Gasteiger partial charge < -0.3 is 10.0 Å². The van der Waals surface area contributed by atoms with Crippen LogP contribution < -0.4 is 0 Å². The molecule has 0 bridgehead atoms. The molecule has 2 aromatic rings. The fraction of sp³-hybridized carbons (Fsp3) is 0.562.